The lowest BCUT2D eigenvalue weighted by Gasteiger charge is -2.24. The van der Waals surface area contributed by atoms with E-state index in [-0.39, 0.29) is 0 Å². The Kier molecular flexibility index (Phi) is 6.59. The van der Waals surface area contributed by atoms with Crippen molar-refractivity contribution in [2.45, 2.75) is 26.3 Å². The average molecular weight is 219 g/mol. The van der Waals surface area contributed by atoms with E-state index in [0.29, 0.717) is 12.5 Å². The third-order valence-electron chi connectivity index (χ3n) is 1.61. The molecule has 2 nitrogen and oxygen atoms in total. The van der Waals surface area contributed by atoms with Crippen LogP contribution in [-0.2, 0) is 0 Å². The molecule has 0 saturated carbocycles. The quantitative estimate of drug-likeness (QED) is 0.661. The van der Waals surface area contributed by atoms with Crippen LogP contribution in [0.4, 0.5) is 0 Å². The first-order valence-electron chi connectivity index (χ1n) is 3.89. The fourth-order valence-electron chi connectivity index (χ4n) is 0.930. The van der Waals surface area contributed by atoms with Gasteiger partial charge in [0.15, 0.2) is 0 Å². The summed E-state index contributed by atoms with van der Waals surface area (Å²) in [7, 11) is 0. The lowest BCUT2D eigenvalue weighted by atomic mass is 10.3. The predicted octanol–water partition coefficient (Wildman–Crippen LogP) is 2.01. The van der Waals surface area contributed by atoms with E-state index in [0.717, 1.165) is 18.4 Å². The molecule has 0 aliphatic heterocycles. The minimum Gasteiger partial charge on any atom is -0.299 e. The van der Waals surface area contributed by atoms with Crippen LogP contribution in [0.5, 0.6) is 0 Å². The molecule has 0 aliphatic rings. The topological polar surface area (TPSA) is 27.0 Å². The molecule has 0 N–H and O–H groups in total. The monoisotopic (exact) mass is 218 g/mol. The molecule has 0 fully saturated rings. The van der Waals surface area contributed by atoms with Crippen LogP contribution in [0.3, 0.4) is 0 Å². The first-order valence-corrected chi connectivity index (χ1v) is 5.01. The smallest absolute Gasteiger partial charge is 0.0635 e. The Labute approximate surface area is 77.3 Å². The highest BCUT2D eigenvalue weighted by Crippen LogP contribution is 1.99. The van der Waals surface area contributed by atoms with E-state index in [1.807, 2.05) is 0 Å². The fourth-order valence-corrected chi connectivity index (χ4v) is 1.39. The van der Waals surface area contributed by atoms with Crippen molar-refractivity contribution in [1.29, 1.82) is 5.26 Å². The highest BCUT2D eigenvalue weighted by Gasteiger charge is 2.06. The van der Waals surface area contributed by atoms with Crippen LogP contribution in [0.1, 0.15) is 20.3 Å². The van der Waals surface area contributed by atoms with Gasteiger partial charge in [-0.25, -0.2) is 0 Å². The standard InChI is InChI=1S/C8H15BrN2/c1-8(2)11(7-4-9)6-3-5-10/h8H,3-4,6-7H2,1-2H3. The highest BCUT2D eigenvalue weighted by atomic mass is 79.9. The molecular formula is C8H15BrN2. The van der Waals surface area contributed by atoms with Gasteiger partial charge in [-0.05, 0) is 13.8 Å². The molecule has 11 heavy (non-hydrogen) atoms. The first kappa shape index (κ1) is 10.9. The summed E-state index contributed by atoms with van der Waals surface area (Å²) < 4.78 is 0. The average Bonchev–Trinajstić information content (AvgIpc) is 1.97. The second-order valence-electron chi connectivity index (χ2n) is 2.73. The molecule has 0 heterocycles. The molecule has 0 aromatic rings. The van der Waals surface area contributed by atoms with Gasteiger partial charge in [-0.2, -0.15) is 5.26 Å². The van der Waals surface area contributed by atoms with Crippen LogP contribution < -0.4 is 0 Å². The van der Waals surface area contributed by atoms with Crippen molar-refractivity contribution in [2.24, 2.45) is 0 Å². The molecule has 3 heteroatoms. The van der Waals surface area contributed by atoms with Gasteiger partial charge in [0.25, 0.3) is 0 Å². The Morgan fingerprint density at radius 1 is 1.45 bits per heavy atom. The van der Waals surface area contributed by atoms with Crippen LogP contribution in [0.15, 0.2) is 0 Å². The Morgan fingerprint density at radius 3 is 2.45 bits per heavy atom. The largest absolute Gasteiger partial charge is 0.299 e. The summed E-state index contributed by atoms with van der Waals surface area (Å²) in [5.74, 6) is 0. The van der Waals surface area contributed by atoms with Crippen molar-refractivity contribution in [3.05, 3.63) is 0 Å². The lowest BCUT2D eigenvalue weighted by molar-refractivity contribution is 0.242. The van der Waals surface area contributed by atoms with Crippen LogP contribution in [0, 0.1) is 11.3 Å². The Hall–Kier alpha value is -0.0700. The molecule has 0 radical (unpaired) electrons. The summed E-state index contributed by atoms with van der Waals surface area (Å²) in [6.45, 7) is 6.22. The number of nitrogens with zero attached hydrogens (tertiary/aromatic N) is 2. The molecule has 0 atom stereocenters. The maximum Gasteiger partial charge on any atom is 0.0635 e. The van der Waals surface area contributed by atoms with Crippen molar-refractivity contribution in [2.75, 3.05) is 18.4 Å². The zero-order valence-electron chi connectivity index (χ0n) is 7.18. The Balaban J connectivity index is 3.62. The zero-order chi connectivity index (χ0) is 8.69. The first-order chi connectivity index (χ1) is 5.22. The third-order valence-corrected chi connectivity index (χ3v) is 1.97. The van der Waals surface area contributed by atoms with E-state index in [4.69, 9.17) is 5.26 Å². The van der Waals surface area contributed by atoms with Gasteiger partial charge in [0, 0.05) is 30.9 Å². The van der Waals surface area contributed by atoms with E-state index in [2.05, 4.69) is 40.7 Å². The molecular weight excluding hydrogens is 204 g/mol. The number of hydrogen-bond donors (Lipinski definition) is 0. The molecule has 0 amide bonds. The minimum atomic E-state index is 0.543. The molecule has 0 aromatic heterocycles. The van der Waals surface area contributed by atoms with Crippen LogP contribution in [-0.4, -0.2) is 29.4 Å². The molecule has 64 valence electrons. The van der Waals surface area contributed by atoms with Crippen molar-refractivity contribution in [3.8, 4) is 6.07 Å². The normalized spacial score (nSPS) is 10.5. The Morgan fingerprint density at radius 2 is 2.09 bits per heavy atom. The van der Waals surface area contributed by atoms with Gasteiger partial charge in [-0.3, -0.25) is 4.90 Å². The van der Waals surface area contributed by atoms with Gasteiger partial charge in [0.1, 0.15) is 0 Å². The summed E-state index contributed by atoms with van der Waals surface area (Å²) in [5.41, 5.74) is 0. The fraction of sp³-hybridized carbons (Fsp3) is 0.875. The predicted molar refractivity (Wildman–Crippen MR) is 50.7 cm³/mol. The van der Waals surface area contributed by atoms with E-state index in [1.54, 1.807) is 0 Å². The van der Waals surface area contributed by atoms with E-state index < -0.39 is 0 Å². The minimum absolute atomic E-state index is 0.543. The molecule has 0 saturated heterocycles. The molecule has 0 bridgehead atoms. The SMILES string of the molecule is CC(C)N(CCBr)CCC#N. The molecule has 0 aliphatic carbocycles. The molecule has 0 spiro atoms. The van der Waals surface area contributed by atoms with Gasteiger partial charge in [0.05, 0.1) is 6.07 Å². The summed E-state index contributed by atoms with van der Waals surface area (Å²) >= 11 is 3.39. The summed E-state index contributed by atoms with van der Waals surface area (Å²) in [6.07, 6.45) is 0.630. The van der Waals surface area contributed by atoms with E-state index in [1.165, 1.54) is 0 Å². The number of nitriles is 1. The molecule has 0 unspecified atom stereocenters. The maximum absolute atomic E-state index is 8.38. The molecule has 0 rings (SSSR count). The van der Waals surface area contributed by atoms with Gasteiger partial charge in [-0.1, -0.05) is 15.9 Å². The van der Waals surface area contributed by atoms with Crippen molar-refractivity contribution in [3.63, 3.8) is 0 Å². The summed E-state index contributed by atoms with van der Waals surface area (Å²) in [4.78, 5) is 2.29. The van der Waals surface area contributed by atoms with Gasteiger partial charge < -0.3 is 0 Å². The number of hydrogen-bond acceptors (Lipinski definition) is 2. The van der Waals surface area contributed by atoms with Crippen molar-refractivity contribution < 1.29 is 0 Å². The molecule has 0 aromatic carbocycles. The second-order valence-corrected chi connectivity index (χ2v) is 3.52. The Bertz CT molecular complexity index is 129. The number of alkyl halides is 1. The van der Waals surface area contributed by atoms with Crippen molar-refractivity contribution >= 4 is 15.9 Å². The van der Waals surface area contributed by atoms with E-state index in [9.17, 15) is 0 Å². The third kappa shape index (κ3) is 5.23. The lowest BCUT2D eigenvalue weighted by Crippen LogP contribution is -2.33. The zero-order valence-corrected chi connectivity index (χ0v) is 8.76. The van der Waals surface area contributed by atoms with Crippen LogP contribution >= 0.6 is 15.9 Å². The summed E-state index contributed by atoms with van der Waals surface area (Å²) in [5, 5.41) is 9.36. The van der Waals surface area contributed by atoms with Gasteiger partial charge >= 0.3 is 0 Å². The van der Waals surface area contributed by atoms with E-state index >= 15 is 0 Å². The van der Waals surface area contributed by atoms with Crippen LogP contribution in [0.2, 0.25) is 0 Å². The van der Waals surface area contributed by atoms with Crippen molar-refractivity contribution in [1.82, 2.24) is 4.90 Å². The van der Waals surface area contributed by atoms with Crippen LogP contribution in [0.25, 0.3) is 0 Å². The maximum atomic E-state index is 8.38. The highest BCUT2D eigenvalue weighted by molar-refractivity contribution is 9.09. The summed E-state index contributed by atoms with van der Waals surface area (Å²) in [6, 6.07) is 2.70. The number of halogens is 1. The van der Waals surface area contributed by atoms with Gasteiger partial charge in [0.2, 0.25) is 0 Å². The second kappa shape index (κ2) is 6.63. The number of rotatable bonds is 5. The van der Waals surface area contributed by atoms with Gasteiger partial charge in [-0.15, -0.1) is 0 Å².